The van der Waals surface area contributed by atoms with Gasteiger partial charge >= 0.3 is 5.97 Å². The van der Waals surface area contributed by atoms with Crippen molar-refractivity contribution in [3.05, 3.63) is 65.9 Å². The minimum atomic E-state index is -1.54. The quantitative estimate of drug-likeness (QED) is 0.138. The van der Waals surface area contributed by atoms with E-state index < -0.39 is 54.5 Å². The highest BCUT2D eigenvalue weighted by Gasteiger charge is 2.31. The highest BCUT2D eigenvalue weighted by Crippen LogP contribution is 2.19. The van der Waals surface area contributed by atoms with Gasteiger partial charge in [0, 0.05) is 23.5 Å². The molecule has 9 N–H and O–H groups in total. The number of phenolic OH excluding ortho intramolecular Hbond substituents is 1. The smallest absolute Gasteiger partial charge is 0.328 e. The molecular formula is C29H37N5O7. The first-order valence-corrected chi connectivity index (χ1v) is 13.3. The Kier molecular flexibility index (Phi) is 10.8. The Morgan fingerprint density at radius 3 is 2.10 bits per heavy atom. The number of carbonyl (C=O) groups is 4. The molecule has 3 aromatic rings. The van der Waals surface area contributed by atoms with Crippen molar-refractivity contribution in [2.24, 2.45) is 11.7 Å². The second-order valence-corrected chi connectivity index (χ2v) is 10.4. The fraction of sp³-hybridized carbons (Fsp3) is 0.379. The number of amides is 3. The summed E-state index contributed by atoms with van der Waals surface area (Å²) in [5, 5.41) is 36.6. The molecule has 3 rings (SSSR count). The third kappa shape index (κ3) is 8.78. The number of rotatable bonds is 14. The van der Waals surface area contributed by atoms with Crippen molar-refractivity contribution in [1.29, 1.82) is 0 Å². The van der Waals surface area contributed by atoms with Crippen LogP contribution in [-0.2, 0) is 32.0 Å². The molecule has 0 aliphatic heterocycles. The maximum atomic E-state index is 13.5. The zero-order chi connectivity index (χ0) is 30.1. The fourth-order valence-corrected chi connectivity index (χ4v) is 4.42. The second-order valence-electron chi connectivity index (χ2n) is 10.4. The van der Waals surface area contributed by atoms with Gasteiger partial charge in [0.25, 0.3) is 0 Å². The number of aromatic nitrogens is 1. The number of aliphatic hydroxyl groups is 1. The molecule has 4 atom stereocenters. The Hall–Kier alpha value is -4.42. The first-order valence-electron chi connectivity index (χ1n) is 13.3. The van der Waals surface area contributed by atoms with E-state index in [1.165, 1.54) is 12.1 Å². The van der Waals surface area contributed by atoms with Gasteiger partial charge in [-0.05, 0) is 48.1 Å². The number of aliphatic hydroxyl groups excluding tert-OH is 1. The Morgan fingerprint density at radius 2 is 1.46 bits per heavy atom. The lowest BCUT2D eigenvalue weighted by Gasteiger charge is -2.26. The fourth-order valence-electron chi connectivity index (χ4n) is 4.42. The van der Waals surface area contributed by atoms with Crippen molar-refractivity contribution in [3.63, 3.8) is 0 Å². The van der Waals surface area contributed by atoms with Gasteiger partial charge in [0.2, 0.25) is 17.7 Å². The van der Waals surface area contributed by atoms with Crippen LogP contribution in [0.2, 0.25) is 0 Å². The molecule has 0 aliphatic carbocycles. The van der Waals surface area contributed by atoms with Crippen LogP contribution < -0.4 is 21.7 Å². The number of nitrogens with two attached hydrogens (primary N) is 1. The van der Waals surface area contributed by atoms with Gasteiger partial charge in [-0.1, -0.05) is 44.2 Å². The van der Waals surface area contributed by atoms with E-state index in [-0.39, 0.29) is 30.9 Å². The monoisotopic (exact) mass is 567 g/mol. The van der Waals surface area contributed by atoms with E-state index in [1.807, 2.05) is 38.1 Å². The molecule has 0 bridgehead atoms. The number of nitrogens with one attached hydrogen (secondary N) is 4. The molecular weight excluding hydrogens is 530 g/mol. The molecule has 12 nitrogen and oxygen atoms in total. The molecule has 3 amide bonds. The van der Waals surface area contributed by atoms with Crippen molar-refractivity contribution < 1.29 is 34.5 Å². The molecule has 1 heterocycles. The average molecular weight is 568 g/mol. The number of para-hydroxylation sites is 1. The van der Waals surface area contributed by atoms with Gasteiger partial charge in [-0.15, -0.1) is 0 Å². The molecule has 220 valence electrons. The molecule has 0 saturated heterocycles. The van der Waals surface area contributed by atoms with Crippen LogP contribution in [0.25, 0.3) is 10.9 Å². The summed E-state index contributed by atoms with van der Waals surface area (Å²) in [5.74, 6) is -3.48. The van der Waals surface area contributed by atoms with Crippen LogP contribution in [0.3, 0.4) is 0 Å². The second kappa shape index (κ2) is 14.3. The number of hydrogen-bond donors (Lipinski definition) is 8. The van der Waals surface area contributed by atoms with Gasteiger partial charge in [0.1, 0.15) is 23.9 Å². The van der Waals surface area contributed by atoms with Gasteiger partial charge in [0.15, 0.2) is 0 Å². The van der Waals surface area contributed by atoms with Gasteiger partial charge in [-0.3, -0.25) is 14.4 Å². The van der Waals surface area contributed by atoms with Crippen LogP contribution in [0, 0.1) is 5.92 Å². The minimum absolute atomic E-state index is 0.0298. The largest absolute Gasteiger partial charge is 0.508 e. The standard InChI is InChI=1S/C29H37N5O7/c1-16(2)11-23(27(38)34-25(15-35)29(40)41)33-28(39)24(12-17-7-9-19(36)10-8-17)32-26(37)21(30)13-18-14-31-22-6-4-3-5-20(18)22/h3-10,14,16,21,23-25,31,35-36H,11-13,15,30H2,1-2H3,(H,32,37)(H,33,39)(H,34,38)(H,40,41). The minimum Gasteiger partial charge on any atom is -0.508 e. The number of H-pyrrole nitrogens is 1. The Bertz CT molecular complexity index is 1360. The first-order chi connectivity index (χ1) is 19.5. The highest BCUT2D eigenvalue weighted by atomic mass is 16.4. The normalized spacial score (nSPS) is 14.2. The predicted molar refractivity (Wildman–Crippen MR) is 152 cm³/mol. The van der Waals surface area contributed by atoms with E-state index >= 15 is 0 Å². The van der Waals surface area contributed by atoms with Crippen LogP contribution in [0.4, 0.5) is 0 Å². The zero-order valence-corrected chi connectivity index (χ0v) is 23.0. The average Bonchev–Trinajstić information content (AvgIpc) is 3.34. The number of aromatic amines is 1. The number of carboxylic acid groups (broad SMARTS) is 1. The van der Waals surface area contributed by atoms with Crippen LogP contribution in [0.5, 0.6) is 5.75 Å². The lowest BCUT2D eigenvalue weighted by molar-refractivity contribution is -0.143. The number of carbonyl (C=O) groups excluding carboxylic acids is 3. The summed E-state index contributed by atoms with van der Waals surface area (Å²) in [6.07, 6.45) is 2.20. The Morgan fingerprint density at radius 1 is 0.854 bits per heavy atom. The summed E-state index contributed by atoms with van der Waals surface area (Å²) in [7, 11) is 0. The van der Waals surface area contributed by atoms with Crippen molar-refractivity contribution in [3.8, 4) is 5.75 Å². The van der Waals surface area contributed by atoms with Gasteiger partial charge in [-0.25, -0.2) is 4.79 Å². The number of carboxylic acids is 1. The maximum absolute atomic E-state index is 13.5. The summed E-state index contributed by atoms with van der Waals surface area (Å²) in [4.78, 5) is 54.0. The van der Waals surface area contributed by atoms with E-state index in [0.29, 0.717) is 5.56 Å². The van der Waals surface area contributed by atoms with E-state index in [0.717, 1.165) is 16.5 Å². The molecule has 0 aliphatic rings. The zero-order valence-electron chi connectivity index (χ0n) is 23.0. The van der Waals surface area contributed by atoms with Gasteiger partial charge < -0.3 is 42.0 Å². The van der Waals surface area contributed by atoms with Crippen LogP contribution in [0.15, 0.2) is 54.7 Å². The van der Waals surface area contributed by atoms with Crippen LogP contribution >= 0.6 is 0 Å². The molecule has 1 aromatic heterocycles. The Balaban J connectivity index is 1.78. The van der Waals surface area contributed by atoms with Crippen LogP contribution in [-0.4, -0.2) is 74.8 Å². The predicted octanol–water partition coefficient (Wildman–Crippen LogP) is 0.563. The molecule has 0 spiro atoms. The number of fused-ring (bicyclic) bond motifs is 1. The lowest BCUT2D eigenvalue weighted by Crippen LogP contribution is -2.58. The van der Waals surface area contributed by atoms with Crippen molar-refractivity contribution in [2.45, 2.75) is 57.3 Å². The SMILES string of the molecule is CC(C)CC(NC(=O)C(Cc1ccc(O)cc1)NC(=O)C(N)Cc1c[nH]c2ccccc12)C(=O)NC(CO)C(=O)O. The third-order valence-electron chi connectivity index (χ3n) is 6.60. The van der Waals surface area contributed by atoms with Gasteiger partial charge in [-0.2, -0.15) is 0 Å². The van der Waals surface area contributed by atoms with E-state index in [9.17, 15) is 34.5 Å². The summed E-state index contributed by atoms with van der Waals surface area (Å²) in [6.45, 7) is 2.83. The molecule has 4 unspecified atom stereocenters. The number of benzene rings is 2. The number of hydrogen-bond acceptors (Lipinski definition) is 7. The first kappa shape index (κ1) is 31.1. The third-order valence-corrected chi connectivity index (χ3v) is 6.60. The Labute approximate surface area is 237 Å². The lowest BCUT2D eigenvalue weighted by atomic mass is 10.00. The van der Waals surface area contributed by atoms with E-state index in [4.69, 9.17) is 5.73 Å². The summed E-state index contributed by atoms with van der Waals surface area (Å²) in [5.41, 5.74) is 8.61. The maximum Gasteiger partial charge on any atom is 0.328 e. The number of phenols is 1. The molecule has 2 aromatic carbocycles. The molecule has 41 heavy (non-hydrogen) atoms. The van der Waals surface area contributed by atoms with Crippen molar-refractivity contribution >= 4 is 34.6 Å². The summed E-state index contributed by atoms with van der Waals surface area (Å²) >= 11 is 0. The van der Waals surface area contributed by atoms with Gasteiger partial charge in [0.05, 0.1) is 12.6 Å². The number of aliphatic carboxylic acids is 1. The van der Waals surface area contributed by atoms with Crippen molar-refractivity contribution in [2.75, 3.05) is 6.61 Å². The highest BCUT2D eigenvalue weighted by molar-refractivity contribution is 5.94. The molecule has 0 fully saturated rings. The van der Waals surface area contributed by atoms with Crippen molar-refractivity contribution in [1.82, 2.24) is 20.9 Å². The summed E-state index contributed by atoms with van der Waals surface area (Å²) < 4.78 is 0. The summed E-state index contributed by atoms with van der Waals surface area (Å²) in [6, 6.07) is 8.90. The molecule has 12 heteroatoms. The topological polar surface area (TPSA) is 207 Å². The van der Waals surface area contributed by atoms with E-state index in [1.54, 1.807) is 18.3 Å². The molecule has 0 radical (unpaired) electrons. The van der Waals surface area contributed by atoms with Crippen LogP contribution in [0.1, 0.15) is 31.4 Å². The molecule has 0 saturated carbocycles. The van der Waals surface area contributed by atoms with E-state index in [2.05, 4.69) is 20.9 Å². The number of aromatic hydroxyl groups is 1.